The van der Waals surface area contributed by atoms with E-state index in [1.807, 2.05) is 0 Å². The lowest BCUT2D eigenvalue weighted by Crippen LogP contribution is -2.13. The molecule has 0 amide bonds. The molecular weight excluding hydrogens is 573 g/mol. The maximum absolute atomic E-state index is 6.32. The summed E-state index contributed by atoms with van der Waals surface area (Å²) in [7, 11) is 0. The van der Waals surface area contributed by atoms with Crippen molar-refractivity contribution in [2.24, 2.45) is 0 Å². The molecule has 2 atom stereocenters. The Hall–Kier alpha value is -1.04. The molecular formula is C40H72N2O2S. The second-order valence-corrected chi connectivity index (χ2v) is 14.4. The molecule has 0 aliphatic rings. The number of unbranched alkanes of at least 4 members (excludes halogenated alkanes) is 24. The van der Waals surface area contributed by atoms with Crippen LogP contribution in [0, 0.1) is 0 Å². The minimum atomic E-state index is -0.0727. The number of fused-ring (bicyclic) bond motifs is 1. The van der Waals surface area contributed by atoms with Crippen LogP contribution >= 0.6 is 11.3 Å². The minimum absolute atomic E-state index is 0.0727. The van der Waals surface area contributed by atoms with E-state index in [2.05, 4.69) is 38.5 Å². The molecule has 0 bridgehead atoms. The molecule has 260 valence electrons. The number of ether oxygens (including phenoxy) is 2. The predicted octanol–water partition coefficient (Wildman–Crippen LogP) is 14.0. The molecule has 0 aliphatic heterocycles. The summed E-state index contributed by atoms with van der Waals surface area (Å²) in [5.41, 5.74) is 3.85. The molecule has 45 heavy (non-hydrogen) atoms. The van der Waals surface area contributed by atoms with Crippen molar-refractivity contribution in [2.45, 2.75) is 207 Å². The third kappa shape index (κ3) is 19.4. The van der Waals surface area contributed by atoms with Gasteiger partial charge in [-0.3, -0.25) is 0 Å². The van der Waals surface area contributed by atoms with Gasteiger partial charge in [0.1, 0.15) is 0 Å². The lowest BCUT2D eigenvalue weighted by Gasteiger charge is -2.20. The smallest absolute Gasteiger partial charge is 0.0998 e. The molecule has 2 heterocycles. The van der Waals surface area contributed by atoms with Crippen molar-refractivity contribution < 1.29 is 9.47 Å². The number of nitrogens with zero attached hydrogens (tertiary/aromatic N) is 2. The quantitative estimate of drug-likeness (QED) is 0.0743. The molecule has 0 aromatic carbocycles. The minimum Gasteiger partial charge on any atom is -0.372 e. The van der Waals surface area contributed by atoms with Gasteiger partial charge in [0.2, 0.25) is 0 Å². The van der Waals surface area contributed by atoms with Crippen LogP contribution in [0.2, 0.25) is 0 Å². The average Bonchev–Trinajstić information content (AvgIpc) is 3.52. The topological polar surface area (TPSA) is 44.2 Å². The Morgan fingerprint density at radius 3 is 1.00 bits per heavy atom. The van der Waals surface area contributed by atoms with E-state index in [-0.39, 0.29) is 12.2 Å². The van der Waals surface area contributed by atoms with Gasteiger partial charge in [0.25, 0.3) is 0 Å². The Balaban J connectivity index is 1.58. The van der Waals surface area contributed by atoms with E-state index in [4.69, 9.17) is 19.4 Å². The molecule has 0 N–H and O–H groups in total. The van der Waals surface area contributed by atoms with Crippen LogP contribution in [0.15, 0.2) is 10.8 Å². The average molecular weight is 645 g/mol. The number of hydrogen-bond acceptors (Lipinski definition) is 5. The zero-order chi connectivity index (χ0) is 32.2. The molecule has 0 saturated carbocycles. The number of aromatic nitrogens is 2. The van der Waals surface area contributed by atoms with Crippen LogP contribution in [0.25, 0.3) is 11.0 Å². The van der Waals surface area contributed by atoms with Gasteiger partial charge in [0, 0.05) is 24.0 Å². The normalized spacial score (nSPS) is 13.2. The molecule has 0 fully saturated rings. The molecule has 0 radical (unpaired) electrons. The molecule has 2 rings (SSSR count). The molecule has 2 aromatic rings. The van der Waals surface area contributed by atoms with Crippen molar-refractivity contribution in [3.8, 4) is 0 Å². The maximum atomic E-state index is 6.32. The Morgan fingerprint density at radius 1 is 0.444 bits per heavy atom. The van der Waals surface area contributed by atoms with Crippen molar-refractivity contribution >= 4 is 22.4 Å². The van der Waals surface area contributed by atoms with E-state index in [0.29, 0.717) is 0 Å². The van der Waals surface area contributed by atoms with Gasteiger partial charge in [0.05, 0.1) is 34.6 Å². The van der Waals surface area contributed by atoms with E-state index < -0.39 is 0 Å². The summed E-state index contributed by atoms with van der Waals surface area (Å²) in [5, 5.41) is 4.18. The second kappa shape index (κ2) is 28.0. The van der Waals surface area contributed by atoms with Crippen molar-refractivity contribution in [3.63, 3.8) is 0 Å². The van der Waals surface area contributed by atoms with Crippen LogP contribution in [0.3, 0.4) is 0 Å². The predicted molar refractivity (Wildman–Crippen MR) is 198 cm³/mol. The van der Waals surface area contributed by atoms with Gasteiger partial charge in [-0.25, -0.2) is 9.97 Å². The van der Waals surface area contributed by atoms with Gasteiger partial charge in [-0.05, 0) is 26.7 Å². The molecule has 0 spiro atoms. The van der Waals surface area contributed by atoms with Gasteiger partial charge >= 0.3 is 0 Å². The van der Waals surface area contributed by atoms with Gasteiger partial charge in [-0.2, -0.15) is 0 Å². The highest BCUT2D eigenvalue weighted by atomic mass is 32.1. The second-order valence-electron chi connectivity index (χ2n) is 13.6. The van der Waals surface area contributed by atoms with Crippen LogP contribution < -0.4 is 0 Å². The summed E-state index contributed by atoms with van der Waals surface area (Å²) in [4.78, 5) is 10.0. The first-order valence-electron chi connectivity index (χ1n) is 19.6. The van der Waals surface area contributed by atoms with Gasteiger partial charge in [-0.1, -0.05) is 168 Å². The highest BCUT2D eigenvalue weighted by molar-refractivity contribution is 7.09. The molecule has 0 saturated heterocycles. The van der Waals surface area contributed by atoms with E-state index in [9.17, 15) is 0 Å². The third-order valence-corrected chi connectivity index (χ3v) is 10.1. The van der Waals surface area contributed by atoms with Gasteiger partial charge in [-0.15, -0.1) is 11.3 Å². The van der Waals surface area contributed by atoms with E-state index in [1.54, 1.807) is 11.3 Å². The summed E-state index contributed by atoms with van der Waals surface area (Å²) in [6, 6.07) is 0. The van der Waals surface area contributed by atoms with Crippen molar-refractivity contribution in [3.05, 3.63) is 22.1 Å². The van der Waals surface area contributed by atoms with Crippen LogP contribution in [-0.2, 0) is 9.47 Å². The lowest BCUT2D eigenvalue weighted by atomic mass is 10.0. The van der Waals surface area contributed by atoms with Crippen molar-refractivity contribution in [1.82, 2.24) is 9.97 Å². The highest BCUT2D eigenvalue weighted by Gasteiger charge is 2.21. The molecule has 5 heteroatoms. The zero-order valence-electron chi connectivity index (χ0n) is 30.2. The fourth-order valence-electron chi connectivity index (χ4n) is 6.34. The Labute approximate surface area is 283 Å². The fourth-order valence-corrected chi connectivity index (χ4v) is 7.01. The summed E-state index contributed by atoms with van der Waals surface area (Å²) in [5.74, 6) is 0. The van der Waals surface area contributed by atoms with Crippen molar-refractivity contribution in [2.75, 3.05) is 13.2 Å². The first-order valence-corrected chi connectivity index (χ1v) is 20.6. The summed E-state index contributed by atoms with van der Waals surface area (Å²) in [6.07, 6.45) is 35.4. The number of thiophene rings is 1. The fraction of sp³-hybridized carbons (Fsp3) is 0.850. The molecule has 2 unspecified atom stereocenters. The molecule has 4 nitrogen and oxygen atoms in total. The SMILES string of the molecule is CCCCCCCCCCCCCCCOC(C)c1nc2cscc2nc1C(C)OCCCCCCCCCCCCCCC. The van der Waals surface area contributed by atoms with E-state index in [0.717, 1.165) is 48.5 Å². The molecule has 2 aromatic heterocycles. The standard InChI is InChI=1S/C40H72N2O2S/c1-5-7-9-11-13-15-17-19-21-23-25-27-29-31-43-35(3)39-40(42-38-34-45-33-37(38)41-39)36(4)44-32-30-28-26-24-22-20-18-16-14-12-10-8-6-2/h33-36H,5-32H2,1-4H3. The summed E-state index contributed by atoms with van der Waals surface area (Å²) in [6.45, 7) is 10.4. The Morgan fingerprint density at radius 2 is 0.711 bits per heavy atom. The third-order valence-electron chi connectivity index (χ3n) is 9.37. The van der Waals surface area contributed by atoms with E-state index >= 15 is 0 Å². The Bertz CT molecular complexity index is 860. The first-order chi connectivity index (χ1) is 22.2. The number of rotatable bonds is 32. The Kier molecular flexibility index (Phi) is 25.0. The lowest BCUT2D eigenvalue weighted by molar-refractivity contribution is 0.0427. The summed E-state index contributed by atoms with van der Waals surface area (Å²) < 4.78 is 12.6. The van der Waals surface area contributed by atoms with Gasteiger partial charge in [0.15, 0.2) is 0 Å². The van der Waals surface area contributed by atoms with Crippen molar-refractivity contribution in [1.29, 1.82) is 0 Å². The van der Waals surface area contributed by atoms with Crippen LogP contribution in [0.4, 0.5) is 0 Å². The monoisotopic (exact) mass is 645 g/mol. The zero-order valence-corrected chi connectivity index (χ0v) is 31.0. The highest BCUT2D eigenvalue weighted by Crippen LogP contribution is 2.29. The van der Waals surface area contributed by atoms with E-state index in [1.165, 1.54) is 154 Å². The summed E-state index contributed by atoms with van der Waals surface area (Å²) >= 11 is 1.66. The van der Waals surface area contributed by atoms with Crippen LogP contribution in [-0.4, -0.2) is 23.2 Å². The van der Waals surface area contributed by atoms with Gasteiger partial charge < -0.3 is 9.47 Å². The maximum Gasteiger partial charge on any atom is 0.0998 e. The number of hydrogen-bond donors (Lipinski definition) is 0. The van der Waals surface area contributed by atoms with Crippen LogP contribution in [0.5, 0.6) is 0 Å². The largest absolute Gasteiger partial charge is 0.372 e. The first kappa shape index (κ1) is 40.1. The van der Waals surface area contributed by atoms with Crippen LogP contribution in [0.1, 0.15) is 218 Å². The molecule has 0 aliphatic carbocycles.